The molecule has 3 aromatic rings. The van der Waals surface area contributed by atoms with Gasteiger partial charge in [-0.2, -0.15) is 0 Å². The summed E-state index contributed by atoms with van der Waals surface area (Å²) in [4.78, 5) is 28.8. The van der Waals surface area contributed by atoms with E-state index in [0.29, 0.717) is 0 Å². The fraction of sp³-hybridized carbons (Fsp3) is 0.286. The minimum absolute atomic E-state index is 0.0332. The maximum atomic E-state index is 14.0. The number of anilines is 1. The highest BCUT2D eigenvalue weighted by atomic mass is 79.9. The van der Waals surface area contributed by atoms with Crippen molar-refractivity contribution in [3.05, 3.63) is 99.2 Å². The zero-order valence-electron chi connectivity index (χ0n) is 21.8. The summed E-state index contributed by atoms with van der Waals surface area (Å²) in [5.74, 6) is -1.70. The first-order chi connectivity index (χ1) is 18.3. The quantitative estimate of drug-likeness (QED) is 0.314. The van der Waals surface area contributed by atoms with Crippen molar-refractivity contribution in [1.29, 1.82) is 0 Å². The summed E-state index contributed by atoms with van der Waals surface area (Å²) in [6, 6.07) is 18.9. The SMILES string of the molecule is CC(C)NC(=O)[C@@H](Cc1ccccc1)N(Cc1cccc(Br)c1)C(=O)CN(c1ccc(F)c(Cl)c1)S(C)(=O)=O. The van der Waals surface area contributed by atoms with Crippen molar-refractivity contribution in [3.63, 3.8) is 0 Å². The zero-order chi connectivity index (χ0) is 28.7. The van der Waals surface area contributed by atoms with E-state index in [2.05, 4.69) is 21.2 Å². The molecule has 0 spiro atoms. The number of hydrogen-bond acceptors (Lipinski definition) is 4. The molecular formula is C28H30BrClFN3O4S. The molecule has 208 valence electrons. The topological polar surface area (TPSA) is 86.8 Å². The second-order valence-electron chi connectivity index (χ2n) is 9.39. The minimum atomic E-state index is -3.98. The average Bonchev–Trinajstić information content (AvgIpc) is 2.86. The molecule has 3 rings (SSSR count). The lowest BCUT2D eigenvalue weighted by Crippen LogP contribution is -2.54. The Morgan fingerprint density at radius 1 is 1.00 bits per heavy atom. The number of nitrogens with one attached hydrogen (secondary N) is 1. The molecule has 0 saturated heterocycles. The van der Waals surface area contributed by atoms with Crippen LogP contribution >= 0.6 is 27.5 Å². The van der Waals surface area contributed by atoms with Crippen LogP contribution in [0.5, 0.6) is 0 Å². The molecule has 2 amide bonds. The smallest absolute Gasteiger partial charge is 0.244 e. The summed E-state index contributed by atoms with van der Waals surface area (Å²) in [5, 5.41) is 2.61. The van der Waals surface area contributed by atoms with Gasteiger partial charge in [0.05, 0.1) is 17.0 Å². The Morgan fingerprint density at radius 2 is 1.67 bits per heavy atom. The van der Waals surface area contributed by atoms with Crippen molar-refractivity contribution < 1.29 is 22.4 Å². The van der Waals surface area contributed by atoms with Gasteiger partial charge in [0.1, 0.15) is 18.4 Å². The molecule has 3 aromatic carbocycles. The van der Waals surface area contributed by atoms with Gasteiger partial charge in [-0.15, -0.1) is 0 Å². The monoisotopic (exact) mass is 637 g/mol. The van der Waals surface area contributed by atoms with Crippen LogP contribution in [0.1, 0.15) is 25.0 Å². The van der Waals surface area contributed by atoms with Crippen LogP contribution in [0.3, 0.4) is 0 Å². The largest absolute Gasteiger partial charge is 0.352 e. The summed E-state index contributed by atoms with van der Waals surface area (Å²) in [5.41, 5.74) is 1.61. The molecule has 0 fully saturated rings. The lowest BCUT2D eigenvalue weighted by atomic mass is 10.0. The highest BCUT2D eigenvalue weighted by Gasteiger charge is 2.33. The summed E-state index contributed by atoms with van der Waals surface area (Å²) in [6.07, 6.45) is 1.16. The second kappa shape index (κ2) is 13.4. The van der Waals surface area contributed by atoms with Gasteiger partial charge in [-0.05, 0) is 55.3 Å². The fourth-order valence-electron chi connectivity index (χ4n) is 4.02. The van der Waals surface area contributed by atoms with E-state index < -0.39 is 34.3 Å². The number of nitrogens with zero attached hydrogens (tertiary/aromatic N) is 2. The van der Waals surface area contributed by atoms with E-state index in [1.807, 2.05) is 68.4 Å². The molecule has 7 nitrogen and oxygen atoms in total. The molecule has 0 aliphatic rings. The maximum absolute atomic E-state index is 14.0. The van der Waals surface area contributed by atoms with Gasteiger partial charge >= 0.3 is 0 Å². The van der Waals surface area contributed by atoms with Gasteiger partial charge in [-0.25, -0.2) is 12.8 Å². The van der Waals surface area contributed by atoms with Gasteiger partial charge in [0, 0.05) is 23.5 Å². The molecule has 0 aliphatic carbocycles. The van der Waals surface area contributed by atoms with E-state index >= 15 is 0 Å². The standard InChI is InChI=1S/C28H30BrClFN3O4S/c1-19(2)32-28(36)26(15-20-8-5-4-6-9-20)33(17-21-10-7-11-22(29)14-21)27(35)18-34(39(3,37)38)23-12-13-25(31)24(30)16-23/h4-14,16,19,26H,15,17-18H2,1-3H3,(H,32,36)/t26-/m1/s1. The van der Waals surface area contributed by atoms with Crippen molar-refractivity contribution in [2.45, 2.75) is 38.9 Å². The lowest BCUT2D eigenvalue weighted by molar-refractivity contribution is -0.140. The molecule has 1 N–H and O–H groups in total. The van der Waals surface area contributed by atoms with E-state index in [9.17, 15) is 22.4 Å². The minimum Gasteiger partial charge on any atom is -0.352 e. The zero-order valence-corrected chi connectivity index (χ0v) is 24.9. The molecule has 0 heterocycles. The van der Waals surface area contributed by atoms with Crippen molar-refractivity contribution in [2.24, 2.45) is 0 Å². The van der Waals surface area contributed by atoms with E-state index in [0.717, 1.165) is 38.3 Å². The molecule has 0 aromatic heterocycles. The number of carbonyl (C=O) groups excluding carboxylic acids is 2. The molecule has 0 aliphatic heterocycles. The first-order valence-electron chi connectivity index (χ1n) is 12.2. The van der Waals surface area contributed by atoms with Crippen LogP contribution in [0.25, 0.3) is 0 Å². The Hall–Kier alpha value is -2.95. The number of sulfonamides is 1. The lowest BCUT2D eigenvalue weighted by Gasteiger charge is -2.34. The third kappa shape index (κ3) is 8.78. The Balaban J connectivity index is 2.07. The van der Waals surface area contributed by atoms with E-state index in [4.69, 9.17) is 11.6 Å². The molecule has 0 saturated carbocycles. The van der Waals surface area contributed by atoms with Crippen molar-refractivity contribution in [3.8, 4) is 0 Å². The normalized spacial score (nSPS) is 12.2. The predicted molar refractivity (Wildman–Crippen MR) is 156 cm³/mol. The van der Waals surface area contributed by atoms with E-state index in [-0.39, 0.29) is 35.6 Å². The fourth-order valence-corrected chi connectivity index (χ4v) is 5.48. The van der Waals surface area contributed by atoms with Crippen LogP contribution in [-0.4, -0.2) is 50.0 Å². The Kier molecular flexibility index (Phi) is 10.5. The molecule has 0 radical (unpaired) electrons. The number of carbonyl (C=O) groups is 2. The maximum Gasteiger partial charge on any atom is 0.244 e. The van der Waals surface area contributed by atoms with Gasteiger partial charge in [0.15, 0.2) is 0 Å². The summed E-state index contributed by atoms with van der Waals surface area (Å²) < 4.78 is 41.0. The Morgan fingerprint density at radius 3 is 2.26 bits per heavy atom. The van der Waals surface area contributed by atoms with Gasteiger partial charge in [0.25, 0.3) is 0 Å². The number of halogens is 3. The molecule has 0 bridgehead atoms. The van der Waals surface area contributed by atoms with E-state index in [1.165, 1.54) is 11.0 Å². The first kappa shape index (κ1) is 30.6. The number of amides is 2. The van der Waals surface area contributed by atoms with E-state index in [1.54, 1.807) is 0 Å². The summed E-state index contributed by atoms with van der Waals surface area (Å²) in [7, 11) is -3.98. The van der Waals surface area contributed by atoms with Crippen molar-refractivity contribution in [1.82, 2.24) is 10.2 Å². The molecular weight excluding hydrogens is 609 g/mol. The van der Waals surface area contributed by atoms with Gasteiger partial charge in [0.2, 0.25) is 21.8 Å². The Bertz CT molecular complexity index is 1420. The second-order valence-corrected chi connectivity index (χ2v) is 12.6. The third-order valence-corrected chi connectivity index (χ3v) is 7.74. The summed E-state index contributed by atoms with van der Waals surface area (Å²) >= 11 is 9.35. The molecule has 39 heavy (non-hydrogen) atoms. The third-order valence-electron chi connectivity index (χ3n) is 5.81. The van der Waals surface area contributed by atoms with Gasteiger partial charge < -0.3 is 10.2 Å². The van der Waals surface area contributed by atoms with Gasteiger partial charge in [-0.1, -0.05) is 70.0 Å². The van der Waals surface area contributed by atoms with Crippen LogP contribution in [-0.2, 0) is 32.6 Å². The number of rotatable bonds is 11. The van der Waals surface area contributed by atoms with Crippen LogP contribution in [0.4, 0.5) is 10.1 Å². The molecule has 0 unspecified atom stereocenters. The number of benzene rings is 3. The highest BCUT2D eigenvalue weighted by molar-refractivity contribution is 9.10. The highest BCUT2D eigenvalue weighted by Crippen LogP contribution is 2.25. The molecule has 1 atom stereocenters. The van der Waals surface area contributed by atoms with Gasteiger partial charge in [-0.3, -0.25) is 13.9 Å². The number of hydrogen-bond donors (Lipinski definition) is 1. The van der Waals surface area contributed by atoms with Crippen molar-refractivity contribution in [2.75, 3.05) is 17.1 Å². The Labute approximate surface area is 242 Å². The average molecular weight is 639 g/mol. The van der Waals surface area contributed by atoms with Crippen LogP contribution in [0, 0.1) is 5.82 Å². The molecule has 11 heteroatoms. The first-order valence-corrected chi connectivity index (χ1v) is 15.2. The van der Waals surface area contributed by atoms with Crippen molar-refractivity contribution >= 4 is 55.1 Å². The predicted octanol–water partition coefficient (Wildman–Crippen LogP) is 5.17. The van der Waals surface area contributed by atoms with Crippen LogP contribution in [0.15, 0.2) is 77.3 Å². The van der Waals surface area contributed by atoms with Crippen LogP contribution in [0.2, 0.25) is 5.02 Å². The van der Waals surface area contributed by atoms with Crippen LogP contribution < -0.4 is 9.62 Å². The summed E-state index contributed by atoms with van der Waals surface area (Å²) in [6.45, 7) is 3.07.